The molecule has 0 unspecified atom stereocenters. The molecule has 0 N–H and O–H groups in total. The lowest BCUT2D eigenvalue weighted by Crippen LogP contribution is -2.31. The molecule has 1 atom stereocenters. The molecule has 1 aliphatic heterocycles. The fraction of sp³-hybridized carbons (Fsp3) is 0.562. The van der Waals surface area contributed by atoms with E-state index < -0.39 is 0 Å². The molecule has 9 nitrogen and oxygen atoms in total. The number of fused-ring (bicyclic) bond motifs is 1. The summed E-state index contributed by atoms with van der Waals surface area (Å²) in [6.45, 7) is 3.19. The van der Waals surface area contributed by atoms with Crippen molar-refractivity contribution in [1.82, 2.24) is 29.7 Å². The molecule has 0 spiro atoms. The van der Waals surface area contributed by atoms with Crippen LogP contribution in [0.3, 0.4) is 0 Å². The molecule has 0 aromatic carbocycles. The minimum atomic E-state index is 0.0334. The zero-order valence-corrected chi connectivity index (χ0v) is 14.4. The summed E-state index contributed by atoms with van der Waals surface area (Å²) < 4.78 is 12.2. The quantitative estimate of drug-likeness (QED) is 0.711. The van der Waals surface area contributed by atoms with Crippen LogP contribution in [-0.4, -0.2) is 43.4 Å². The summed E-state index contributed by atoms with van der Waals surface area (Å²) >= 11 is 0. The molecule has 0 aliphatic carbocycles. The van der Waals surface area contributed by atoms with Crippen molar-refractivity contribution < 1.29 is 9.26 Å². The van der Waals surface area contributed by atoms with Gasteiger partial charge < -0.3 is 14.2 Å². The molecule has 0 saturated carbocycles. The van der Waals surface area contributed by atoms with Crippen molar-refractivity contribution >= 4 is 11.6 Å². The Morgan fingerprint density at radius 1 is 1.28 bits per heavy atom. The van der Waals surface area contributed by atoms with Crippen LogP contribution < -0.4 is 4.90 Å². The zero-order chi connectivity index (χ0) is 17.2. The number of anilines is 1. The summed E-state index contributed by atoms with van der Waals surface area (Å²) in [6, 6.07) is 2.07. The SMILES string of the molecule is COCc1nc([C@@H]2CCCCCN2c2cc(C)nc3ncnn23)no1. The monoisotopic (exact) mass is 343 g/mol. The molecule has 1 fully saturated rings. The maximum Gasteiger partial charge on any atom is 0.254 e. The van der Waals surface area contributed by atoms with Crippen LogP contribution in [0.4, 0.5) is 5.82 Å². The maximum absolute atomic E-state index is 5.32. The van der Waals surface area contributed by atoms with Crippen molar-refractivity contribution in [1.29, 1.82) is 0 Å². The van der Waals surface area contributed by atoms with Gasteiger partial charge >= 0.3 is 0 Å². The average molecular weight is 343 g/mol. The van der Waals surface area contributed by atoms with Crippen LogP contribution in [0.1, 0.15) is 49.1 Å². The first-order valence-corrected chi connectivity index (χ1v) is 8.51. The Morgan fingerprint density at radius 3 is 3.08 bits per heavy atom. The Kier molecular flexibility index (Phi) is 4.31. The molecule has 1 aliphatic rings. The van der Waals surface area contributed by atoms with Crippen molar-refractivity contribution in [3.63, 3.8) is 0 Å². The number of hydrogen-bond acceptors (Lipinski definition) is 8. The van der Waals surface area contributed by atoms with Gasteiger partial charge in [-0.2, -0.15) is 19.6 Å². The van der Waals surface area contributed by atoms with Crippen LogP contribution in [-0.2, 0) is 11.3 Å². The van der Waals surface area contributed by atoms with Gasteiger partial charge in [0.15, 0.2) is 5.82 Å². The molecule has 1 saturated heterocycles. The van der Waals surface area contributed by atoms with Crippen LogP contribution in [0.2, 0.25) is 0 Å². The number of aromatic nitrogens is 6. The highest BCUT2D eigenvalue weighted by molar-refractivity contribution is 5.48. The summed E-state index contributed by atoms with van der Waals surface area (Å²) in [7, 11) is 1.61. The van der Waals surface area contributed by atoms with E-state index in [0.29, 0.717) is 24.1 Å². The molecule has 3 aromatic heterocycles. The normalized spacial score (nSPS) is 18.6. The van der Waals surface area contributed by atoms with Crippen LogP contribution in [0.25, 0.3) is 5.78 Å². The second-order valence-electron chi connectivity index (χ2n) is 6.27. The third kappa shape index (κ3) is 3.07. The van der Waals surface area contributed by atoms with Crippen LogP contribution in [0.5, 0.6) is 0 Å². The Balaban J connectivity index is 1.76. The number of hydrogen-bond donors (Lipinski definition) is 0. The van der Waals surface area contributed by atoms with Gasteiger partial charge in [0.2, 0.25) is 0 Å². The molecular weight excluding hydrogens is 322 g/mol. The summed E-state index contributed by atoms with van der Waals surface area (Å²) in [5, 5.41) is 8.54. The Morgan fingerprint density at radius 2 is 2.20 bits per heavy atom. The first-order valence-electron chi connectivity index (χ1n) is 8.51. The topological polar surface area (TPSA) is 94.5 Å². The van der Waals surface area contributed by atoms with Crippen molar-refractivity contribution in [2.24, 2.45) is 0 Å². The van der Waals surface area contributed by atoms with E-state index in [2.05, 4.69) is 30.1 Å². The van der Waals surface area contributed by atoms with Gasteiger partial charge in [-0.3, -0.25) is 0 Å². The largest absolute Gasteiger partial charge is 0.375 e. The summed E-state index contributed by atoms with van der Waals surface area (Å²) in [5.74, 6) is 2.76. The predicted octanol–water partition coefficient (Wildman–Crippen LogP) is 2.08. The lowest BCUT2D eigenvalue weighted by atomic mass is 10.1. The van der Waals surface area contributed by atoms with Gasteiger partial charge in [-0.15, -0.1) is 0 Å². The van der Waals surface area contributed by atoms with Gasteiger partial charge in [0.25, 0.3) is 11.7 Å². The van der Waals surface area contributed by atoms with Crippen molar-refractivity contribution in [2.45, 2.75) is 45.3 Å². The fourth-order valence-electron chi connectivity index (χ4n) is 3.35. The van der Waals surface area contributed by atoms with Crippen molar-refractivity contribution in [2.75, 3.05) is 18.6 Å². The molecule has 3 aromatic rings. The van der Waals surface area contributed by atoms with E-state index in [9.17, 15) is 0 Å². The third-order valence-corrected chi connectivity index (χ3v) is 4.46. The van der Waals surface area contributed by atoms with Crippen molar-refractivity contribution in [3.8, 4) is 0 Å². The molecule has 4 rings (SSSR count). The van der Waals surface area contributed by atoms with E-state index in [1.165, 1.54) is 12.7 Å². The Hall–Kier alpha value is -2.55. The summed E-state index contributed by atoms with van der Waals surface area (Å²) in [6.07, 6.45) is 5.91. The van der Waals surface area contributed by atoms with E-state index in [4.69, 9.17) is 9.26 Å². The second kappa shape index (κ2) is 6.75. The van der Waals surface area contributed by atoms with Gasteiger partial charge in [0.1, 0.15) is 18.8 Å². The van der Waals surface area contributed by atoms with Gasteiger partial charge in [-0.05, 0) is 19.8 Å². The number of ether oxygens (including phenoxy) is 1. The molecule has 0 bridgehead atoms. The van der Waals surface area contributed by atoms with Crippen LogP contribution in [0.15, 0.2) is 16.9 Å². The zero-order valence-electron chi connectivity index (χ0n) is 14.4. The molecule has 132 valence electrons. The smallest absolute Gasteiger partial charge is 0.254 e. The summed E-state index contributed by atoms with van der Waals surface area (Å²) in [5.41, 5.74) is 0.909. The van der Waals surface area contributed by atoms with Gasteiger partial charge in [-0.1, -0.05) is 18.0 Å². The highest BCUT2D eigenvalue weighted by atomic mass is 16.5. The number of rotatable bonds is 4. The third-order valence-electron chi connectivity index (χ3n) is 4.46. The van der Waals surface area contributed by atoms with E-state index in [-0.39, 0.29) is 6.04 Å². The molecule has 0 amide bonds. The fourth-order valence-corrected chi connectivity index (χ4v) is 3.35. The van der Waals surface area contributed by atoms with E-state index in [0.717, 1.165) is 37.3 Å². The van der Waals surface area contributed by atoms with Gasteiger partial charge in [0.05, 0.1) is 6.04 Å². The highest BCUT2D eigenvalue weighted by Gasteiger charge is 2.29. The second-order valence-corrected chi connectivity index (χ2v) is 6.27. The number of methoxy groups -OCH3 is 1. The Bertz CT molecular complexity index is 859. The lowest BCUT2D eigenvalue weighted by Gasteiger charge is -2.29. The number of aryl methyl sites for hydroxylation is 1. The minimum absolute atomic E-state index is 0.0334. The molecule has 0 radical (unpaired) electrons. The van der Waals surface area contributed by atoms with Gasteiger partial charge in [0, 0.05) is 25.4 Å². The van der Waals surface area contributed by atoms with Crippen LogP contribution in [0, 0.1) is 6.92 Å². The van der Waals surface area contributed by atoms with Crippen LogP contribution >= 0.6 is 0 Å². The Labute approximate surface area is 145 Å². The standard InChI is InChI=1S/C16H21N7O2/c1-11-8-14(23-16(19-11)17-10-18-23)22-7-5-3-4-6-12(22)15-20-13(9-24-2)25-21-15/h8,10,12H,3-7,9H2,1-2H3/t12-/m0/s1. The summed E-state index contributed by atoms with van der Waals surface area (Å²) in [4.78, 5) is 15.5. The first kappa shape index (κ1) is 15.9. The first-order chi connectivity index (χ1) is 12.3. The average Bonchev–Trinajstić information content (AvgIpc) is 3.18. The maximum atomic E-state index is 5.32. The molecule has 9 heteroatoms. The van der Waals surface area contributed by atoms with E-state index >= 15 is 0 Å². The number of nitrogens with zero attached hydrogens (tertiary/aromatic N) is 7. The highest BCUT2D eigenvalue weighted by Crippen LogP contribution is 2.33. The minimum Gasteiger partial charge on any atom is -0.375 e. The van der Waals surface area contributed by atoms with E-state index in [1.807, 2.05) is 13.0 Å². The lowest BCUT2D eigenvalue weighted by molar-refractivity contribution is 0.151. The predicted molar refractivity (Wildman–Crippen MR) is 89.1 cm³/mol. The van der Waals surface area contributed by atoms with Gasteiger partial charge in [-0.25, -0.2) is 4.98 Å². The molecule has 4 heterocycles. The van der Waals surface area contributed by atoms with E-state index in [1.54, 1.807) is 11.6 Å². The van der Waals surface area contributed by atoms with Crippen molar-refractivity contribution in [3.05, 3.63) is 29.8 Å². The molecular formula is C16H21N7O2. The molecule has 25 heavy (non-hydrogen) atoms.